The fourth-order valence-electron chi connectivity index (χ4n) is 4.84. The van der Waals surface area contributed by atoms with Crippen LogP contribution in [0.4, 0.5) is 11.4 Å². The van der Waals surface area contributed by atoms with Crippen LogP contribution < -0.4 is 19.7 Å². The Morgan fingerprint density at radius 1 is 1.05 bits per heavy atom. The summed E-state index contributed by atoms with van der Waals surface area (Å²) in [5.41, 5.74) is 3.79. The number of hydrogen-bond donors (Lipinski definition) is 1. The number of amides is 2. The molecule has 4 heterocycles. The van der Waals surface area contributed by atoms with E-state index in [1.54, 1.807) is 17.2 Å². The maximum Gasteiger partial charge on any atom is 0.256 e. The van der Waals surface area contributed by atoms with Crippen LogP contribution in [0.25, 0.3) is 22.3 Å². The predicted octanol–water partition coefficient (Wildman–Crippen LogP) is 4.83. The van der Waals surface area contributed by atoms with E-state index in [1.165, 1.54) is 0 Å². The Hall–Kier alpha value is -4.40. The van der Waals surface area contributed by atoms with E-state index in [2.05, 4.69) is 10.4 Å². The molecule has 0 aliphatic carbocycles. The third-order valence-electron chi connectivity index (χ3n) is 6.65. The Morgan fingerprint density at radius 3 is 2.65 bits per heavy atom. The molecule has 37 heavy (non-hydrogen) atoms. The van der Waals surface area contributed by atoms with Crippen molar-refractivity contribution in [2.75, 3.05) is 30.0 Å². The predicted molar refractivity (Wildman–Crippen MR) is 140 cm³/mol. The van der Waals surface area contributed by atoms with Gasteiger partial charge in [-0.1, -0.05) is 12.1 Å². The van der Waals surface area contributed by atoms with Gasteiger partial charge in [-0.25, -0.2) is 9.67 Å². The number of benzene rings is 2. The molecule has 2 amide bonds. The van der Waals surface area contributed by atoms with Gasteiger partial charge in [-0.3, -0.25) is 9.59 Å². The van der Waals surface area contributed by atoms with Crippen molar-refractivity contribution in [2.45, 2.75) is 32.7 Å². The fraction of sp³-hybridized carbons (Fsp3) is 0.286. The highest BCUT2D eigenvalue weighted by molar-refractivity contribution is 6.14. The molecule has 0 radical (unpaired) electrons. The van der Waals surface area contributed by atoms with E-state index < -0.39 is 0 Å². The zero-order chi connectivity index (χ0) is 25.5. The Balaban J connectivity index is 1.43. The minimum Gasteiger partial charge on any atom is -0.486 e. The molecule has 1 saturated heterocycles. The van der Waals surface area contributed by atoms with E-state index in [0.29, 0.717) is 71.3 Å². The molecule has 0 atom stereocenters. The molecule has 9 nitrogen and oxygen atoms in total. The Labute approximate surface area is 214 Å². The largest absolute Gasteiger partial charge is 0.486 e. The van der Waals surface area contributed by atoms with Gasteiger partial charge in [-0.2, -0.15) is 5.10 Å². The van der Waals surface area contributed by atoms with Crippen molar-refractivity contribution < 1.29 is 19.1 Å². The van der Waals surface area contributed by atoms with Crippen LogP contribution in [0, 0.1) is 0 Å². The lowest BCUT2D eigenvalue weighted by Crippen LogP contribution is -2.25. The van der Waals surface area contributed by atoms with E-state index in [-0.39, 0.29) is 17.9 Å². The van der Waals surface area contributed by atoms with Crippen LogP contribution in [0.15, 0.2) is 54.7 Å². The number of ether oxygens (including phenoxy) is 2. The SMILES string of the molecule is CC(C)n1ncc2c(C(=O)Nc3ccccc3N3CCCC3=O)cc(-c3ccc4c(c3)OCCO4)nc21. The smallest absolute Gasteiger partial charge is 0.256 e. The molecule has 0 spiro atoms. The molecule has 0 bridgehead atoms. The van der Waals surface area contributed by atoms with Crippen molar-refractivity contribution in [1.82, 2.24) is 14.8 Å². The van der Waals surface area contributed by atoms with Crippen molar-refractivity contribution >= 4 is 34.2 Å². The fourth-order valence-corrected chi connectivity index (χ4v) is 4.84. The molecule has 2 aromatic heterocycles. The highest BCUT2D eigenvalue weighted by Crippen LogP contribution is 2.36. The number of rotatable bonds is 5. The maximum atomic E-state index is 13.7. The maximum absolute atomic E-state index is 13.7. The Kier molecular flexibility index (Phi) is 5.75. The molecule has 2 aliphatic heterocycles. The number of aromatic nitrogens is 3. The van der Waals surface area contributed by atoms with Gasteiger partial charge < -0.3 is 19.7 Å². The van der Waals surface area contributed by atoms with E-state index in [1.807, 2.05) is 61.0 Å². The lowest BCUT2D eigenvalue weighted by Gasteiger charge is -2.20. The first kappa shape index (κ1) is 23.0. The van der Waals surface area contributed by atoms with E-state index in [0.717, 1.165) is 12.0 Å². The summed E-state index contributed by atoms with van der Waals surface area (Å²) in [7, 11) is 0. The van der Waals surface area contributed by atoms with Crippen molar-refractivity contribution in [2.24, 2.45) is 0 Å². The van der Waals surface area contributed by atoms with Crippen LogP contribution in [-0.4, -0.2) is 46.3 Å². The lowest BCUT2D eigenvalue weighted by atomic mass is 10.1. The average Bonchev–Trinajstić information content (AvgIpc) is 3.54. The number of carbonyl (C=O) groups excluding carboxylic acids is 2. The second-order valence-electron chi connectivity index (χ2n) is 9.45. The van der Waals surface area contributed by atoms with Crippen LogP contribution in [0.2, 0.25) is 0 Å². The number of carbonyl (C=O) groups is 2. The van der Waals surface area contributed by atoms with Crippen LogP contribution in [-0.2, 0) is 4.79 Å². The topological polar surface area (TPSA) is 98.6 Å². The van der Waals surface area contributed by atoms with E-state index in [4.69, 9.17) is 14.5 Å². The number of nitrogens with one attached hydrogen (secondary N) is 1. The summed E-state index contributed by atoms with van der Waals surface area (Å²) in [6.45, 7) is 5.68. The van der Waals surface area contributed by atoms with Crippen molar-refractivity contribution in [1.29, 1.82) is 0 Å². The number of anilines is 2. The minimum absolute atomic E-state index is 0.0540. The molecular weight excluding hydrogens is 470 g/mol. The highest BCUT2D eigenvalue weighted by atomic mass is 16.6. The lowest BCUT2D eigenvalue weighted by molar-refractivity contribution is -0.117. The number of pyridine rings is 1. The minimum atomic E-state index is -0.298. The zero-order valence-corrected chi connectivity index (χ0v) is 20.7. The third-order valence-corrected chi connectivity index (χ3v) is 6.65. The van der Waals surface area contributed by atoms with E-state index in [9.17, 15) is 9.59 Å². The number of para-hydroxylation sites is 2. The molecule has 1 N–H and O–H groups in total. The molecular formula is C28H27N5O4. The summed E-state index contributed by atoms with van der Waals surface area (Å²) in [5, 5.41) is 8.21. The molecule has 2 aliphatic rings. The summed E-state index contributed by atoms with van der Waals surface area (Å²) >= 11 is 0. The van der Waals surface area contributed by atoms with E-state index >= 15 is 0 Å². The summed E-state index contributed by atoms with van der Waals surface area (Å²) in [6.07, 6.45) is 3.00. The second kappa shape index (κ2) is 9.24. The van der Waals surface area contributed by atoms with Gasteiger partial charge in [-0.05, 0) is 56.7 Å². The summed E-state index contributed by atoms with van der Waals surface area (Å²) in [5.74, 6) is 1.10. The molecule has 9 heteroatoms. The molecule has 6 rings (SSSR count). The number of fused-ring (bicyclic) bond motifs is 2. The molecule has 0 unspecified atom stereocenters. The Morgan fingerprint density at radius 2 is 1.86 bits per heavy atom. The number of hydrogen-bond acceptors (Lipinski definition) is 6. The van der Waals surface area contributed by atoms with Gasteiger partial charge in [-0.15, -0.1) is 0 Å². The summed E-state index contributed by atoms with van der Waals surface area (Å²) < 4.78 is 13.2. The van der Waals surface area contributed by atoms with Gasteiger partial charge >= 0.3 is 0 Å². The Bertz CT molecular complexity index is 1530. The van der Waals surface area contributed by atoms with Crippen LogP contribution in [0.3, 0.4) is 0 Å². The zero-order valence-electron chi connectivity index (χ0n) is 20.7. The van der Waals surface area contributed by atoms with Crippen molar-refractivity contribution in [3.05, 3.63) is 60.3 Å². The van der Waals surface area contributed by atoms with Crippen molar-refractivity contribution in [3.63, 3.8) is 0 Å². The standard InChI is InChI=1S/C28H27N5O4/c1-17(2)33-27-20(16-29-33)19(15-22(30-27)18-9-10-24-25(14-18)37-13-12-36-24)28(35)31-21-6-3-4-7-23(21)32-11-5-8-26(32)34/h3-4,6-7,9-10,14-17H,5,8,11-13H2,1-2H3,(H,31,35). The normalized spacial score (nSPS) is 15.0. The van der Waals surface area contributed by atoms with Gasteiger partial charge in [0.25, 0.3) is 5.91 Å². The molecule has 188 valence electrons. The van der Waals surface area contributed by atoms with Gasteiger partial charge in [0.05, 0.1) is 34.2 Å². The first-order valence-electron chi connectivity index (χ1n) is 12.5. The summed E-state index contributed by atoms with van der Waals surface area (Å²) in [4.78, 5) is 32.8. The first-order valence-corrected chi connectivity index (χ1v) is 12.5. The van der Waals surface area contributed by atoms with Gasteiger partial charge in [0.2, 0.25) is 5.91 Å². The molecule has 0 saturated carbocycles. The van der Waals surface area contributed by atoms with Crippen LogP contribution >= 0.6 is 0 Å². The molecule has 4 aromatic rings. The number of nitrogens with zero attached hydrogens (tertiary/aromatic N) is 4. The quantitative estimate of drug-likeness (QED) is 0.424. The molecule has 2 aromatic carbocycles. The second-order valence-corrected chi connectivity index (χ2v) is 9.45. The van der Waals surface area contributed by atoms with Crippen LogP contribution in [0.1, 0.15) is 43.1 Å². The van der Waals surface area contributed by atoms with Crippen LogP contribution in [0.5, 0.6) is 11.5 Å². The van der Waals surface area contributed by atoms with Crippen molar-refractivity contribution in [3.8, 4) is 22.8 Å². The van der Waals surface area contributed by atoms with Gasteiger partial charge in [0, 0.05) is 24.6 Å². The first-order chi connectivity index (χ1) is 18.0. The highest BCUT2D eigenvalue weighted by Gasteiger charge is 2.25. The van der Waals surface area contributed by atoms with Gasteiger partial charge in [0.15, 0.2) is 17.1 Å². The van der Waals surface area contributed by atoms with Gasteiger partial charge in [0.1, 0.15) is 13.2 Å². The molecule has 1 fully saturated rings. The monoisotopic (exact) mass is 497 g/mol. The average molecular weight is 498 g/mol. The third kappa shape index (κ3) is 4.16. The summed E-state index contributed by atoms with van der Waals surface area (Å²) in [6, 6.07) is 14.9.